The molecule has 2 unspecified atom stereocenters. The molecular weight excluding hydrogens is 244 g/mol. The lowest BCUT2D eigenvalue weighted by Crippen LogP contribution is -2.37. The molecule has 2 rings (SSSR count). The number of rotatable bonds is 5. The predicted octanol–water partition coefficient (Wildman–Crippen LogP) is 1.84. The SMILES string of the molecule is CC(CN(C)CC1Cc2ccccc2O1)C(N)=S. The molecule has 18 heavy (non-hydrogen) atoms. The van der Waals surface area contributed by atoms with Gasteiger partial charge in [0.15, 0.2) is 0 Å². The van der Waals surface area contributed by atoms with Crippen LogP contribution in [0, 0.1) is 5.92 Å². The lowest BCUT2D eigenvalue weighted by molar-refractivity contribution is 0.164. The third-order valence-electron chi connectivity index (χ3n) is 3.30. The van der Waals surface area contributed by atoms with Crippen molar-refractivity contribution in [2.45, 2.75) is 19.4 Å². The minimum Gasteiger partial charge on any atom is -0.488 e. The summed E-state index contributed by atoms with van der Waals surface area (Å²) in [6, 6.07) is 8.24. The quantitative estimate of drug-likeness (QED) is 0.824. The Bertz CT molecular complexity index is 411. The third kappa shape index (κ3) is 3.21. The standard InChI is InChI=1S/C14H20N2OS/c1-10(14(15)18)8-16(2)9-12-7-11-5-3-4-6-13(11)17-12/h3-6,10,12H,7-9H2,1-2H3,(H2,15,18). The minimum atomic E-state index is 0.242. The maximum Gasteiger partial charge on any atom is 0.123 e. The van der Waals surface area contributed by atoms with Crippen molar-refractivity contribution >= 4 is 17.2 Å². The molecule has 4 heteroatoms. The first kappa shape index (κ1) is 13.3. The number of benzene rings is 1. The van der Waals surface area contributed by atoms with Gasteiger partial charge in [0.1, 0.15) is 11.9 Å². The lowest BCUT2D eigenvalue weighted by atomic mass is 10.1. The molecule has 1 aliphatic heterocycles. The van der Waals surface area contributed by atoms with Gasteiger partial charge in [0.05, 0.1) is 4.99 Å². The van der Waals surface area contributed by atoms with Gasteiger partial charge >= 0.3 is 0 Å². The molecule has 0 aromatic heterocycles. The van der Waals surface area contributed by atoms with E-state index in [1.807, 2.05) is 12.1 Å². The van der Waals surface area contributed by atoms with E-state index >= 15 is 0 Å². The minimum absolute atomic E-state index is 0.242. The second kappa shape index (κ2) is 5.67. The van der Waals surface area contributed by atoms with Crippen LogP contribution in [0.2, 0.25) is 0 Å². The molecule has 0 radical (unpaired) electrons. The second-order valence-electron chi connectivity index (χ2n) is 5.08. The van der Waals surface area contributed by atoms with Crippen molar-refractivity contribution in [1.29, 1.82) is 0 Å². The van der Waals surface area contributed by atoms with Crippen LogP contribution < -0.4 is 10.5 Å². The summed E-state index contributed by atoms with van der Waals surface area (Å²) >= 11 is 5.00. The maximum absolute atomic E-state index is 5.91. The zero-order valence-electron chi connectivity index (χ0n) is 10.9. The van der Waals surface area contributed by atoms with Crippen molar-refractivity contribution in [3.8, 4) is 5.75 Å². The largest absolute Gasteiger partial charge is 0.488 e. The van der Waals surface area contributed by atoms with Gasteiger partial charge in [0, 0.05) is 25.4 Å². The third-order valence-corrected chi connectivity index (χ3v) is 3.70. The fourth-order valence-electron chi connectivity index (χ4n) is 2.34. The van der Waals surface area contributed by atoms with Crippen LogP contribution >= 0.6 is 12.2 Å². The van der Waals surface area contributed by atoms with Gasteiger partial charge in [-0.15, -0.1) is 0 Å². The van der Waals surface area contributed by atoms with Crippen LogP contribution in [0.25, 0.3) is 0 Å². The van der Waals surface area contributed by atoms with E-state index in [9.17, 15) is 0 Å². The normalized spacial score (nSPS) is 19.4. The lowest BCUT2D eigenvalue weighted by Gasteiger charge is -2.23. The Hall–Kier alpha value is -1.13. The van der Waals surface area contributed by atoms with Crippen LogP contribution in [-0.4, -0.2) is 36.1 Å². The Morgan fingerprint density at radius 1 is 1.56 bits per heavy atom. The summed E-state index contributed by atoms with van der Waals surface area (Å²) in [7, 11) is 2.08. The fourth-order valence-corrected chi connectivity index (χ4v) is 2.41. The van der Waals surface area contributed by atoms with Gasteiger partial charge in [0.25, 0.3) is 0 Å². The van der Waals surface area contributed by atoms with E-state index in [0.717, 1.165) is 25.3 Å². The summed E-state index contributed by atoms with van der Waals surface area (Å²) in [4.78, 5) is 2.82. The van der Waals surface area contributed by atoms with Crippen LogP contribution in [-0.2, 0) is 6.42 Å². The predicted molar refractivity (Wildman–Crippen MR) is 78.0 cm³/mol. The molecular formula is C14H20N2OS. The fraction of sp³-hybridized carbons (Fsp3) is 0.500. The summed E-state index contributed by atoms with van der Waals surface area (Å²) in [6.07, 6.45) is 1.23. The van der Waals surface area contributed by atoms with Crippen molar-refractivity contribution in [2.24, 2.45) is 11.7 Å². The van der Waals surface area contributed by atoms with Crippen LogP contribution in [0.15, 0.2) is 24.3 Å². The Balaban J connectivity index is 1.84. The van der Waals surface area contributed by atoms with E-state index in [1.54, 1.807) is 0 Å². The molecule has 98 valence electrons. The molecule has 3 nitrogen and oxygen atoms in total. The van der Waals surface area contributed by atoms with Gasteiger partial charge in [-0.2, -0.15) is 0 Å². The second-order valence-corrected chi connectivity index (χ2v) is 5.55. The van der Waals surface area contributed by atoms with Gasteiger partial charge < -0.3 is 15.4 Å². The van der Waals surface area contributed by atoms with Crippen molar-refractivity contribution < 1.29 is 4.74 Å². The van der Waals surface area contributed by atoms with E-state index < -0.39 is 0 Å². The number of hydrogen-bond donors (Lipinski definition) is 1. The topological polar surface area (TPSA) is 38.5 Å². The zero-order chi connectivity index (χ0) is 13.1. The van der Waals surface area contributed by atoms with Crippen LogP contribution in [0.5, 0.6) is 5.75 Å². The maximum atomic E-state index is 5.91. The summed E-state index contributed by atoms with van der Waals surface area (Å²) in [5.74, 6) is 1.27. The first-order valence-electron chi connectivity index (χ1n) is 6.28. The molecule has 0 aliphatic carbocycles. The highest BCUT2D eigenvalue weighted by molar-refractivity contribution is 7.80. The number of nitrogens with zero attached hydrogens (tertiary/aromatic N) is 1. The molecule has 0 saturated carbocycles. The summed E-state index contributed by atoms with van der Waals surface area (Å²) < 4.78 is 5.91. The highest BCUT2D eigenvalue weighted by Crippen LogP contribution is 2.28. The highest BCUT2D eigenvalue weighted by Gasteiger charge is 2.23. The summed E-state index contributed by atoms with van der Waals surface area (Å²) in [5, 5.41) is 0. The first-order chi connectivity index (χ1) is 8.56. The average Bonchev–Trinajstić information content (AvgIpc) is 2.70. The number of ether oxygens (including phenoxy) is 1. The van der Waals surface area contributed by atoms with E-state index in [0.29, 0.717) is 4.99 Å². The van der Waals surface area contributed by atoms with Crippen LogP contribution in [0.1, 0.15) is 12.5 Å². The number of para-hydroxylation sites is 1. The molecule has 1 aromatic rings. The van der Waals surface area contributed by atoms with Crippen molar-refractivity contribution in [3.05, 3.63) is 29.8 Å². The number of nitrogens with two attached hydrogens (primary N) is 1. The van der Waals surface area contributed by atoms with Crippen molar-refractivity contribution in [2.75, 3.05) is 20.1 Å². The molecule has 0 bridgehead atoms. The van der Waals surface area contributed by atoms with Crippen LogP contribution in [0.3, 0.4) is 0 Å². The molecule has 0 amide bonds. The number of fused-ring (bicyclic) bond motifs is 1. The molecule has 1 heterocycles. The van der Waals surface area contributed by atoms with E-state index in [2.05, 4.69) is 31.0 Å². The smallest absolute Gasteiger partial charge is 0.123 e. The Morgan fingerprint density at radius 2 is 2.28 bits per heavy atom. The monoisotopic (exact) mass is 264 g/mol. The first-order valence-corrected chi connectivity index (χ1v) is 6.69. The molecule has 0 spiro atoms. The van der Waals surface area contributed by atoms with E-state index in [4.69, 9.17) is 22.7 Å². The van der Waals surface area contributed by atoms with E-state index in [1.165, 1.54) is 5.56 Å². The van der Waals surface area contributed by atoms with Gasteiger partial charge in [-0.25, -0.2) is 0 Å². The van der Waals surface area contributed by atoms with Gasteiger partial charge in [-0.05, 0) is 18.7 Å². The molecule has 0 fully saturated rings. The molecule has 1 aliphatic rings. The zero-order valence-corrected chi connectivity index (χ0v) is 11.7. The number of thiocarbonyl (C=S) groups is 1. The summed E-state index contributed by atoms with van der Waals surface area (Å²) in [6.45, 7) is 3.84. The molecule has 2 N–H and O–H groups in total. The van der Waals surface area contributed by atoms with Gasteiger partial charge in [-0.1, -0.05) is 37.3 Å². The van der Waals surface area contributed by atoms with Gasteiger partial charge in [-0.3, -0.25) is 0 Å². The average molecular weight is 264 g/mol. The van der Waals surface area contributed by atoms with Crippen molar-refractivity contribution in [3.63, 3.8) is 0 Å². The summed E-state index contributed by atoms with van der Waals surface area (Å²) in [5.41, 5.74) is 6.94. The molecule has 1 aromatic carbocycles. The van der Waals surface area contributed by atoms with Crippen molar-refractivity contribution in [1.82, 2.24) is 4.90 Å². The Morgan fingerprint density at radius 3 is 2.94 bits per heavy atom. The van der Waals surface area contributed by atoms with E-state index in [-0.39, 0.29) is 12.0 Å². The number of likely N-dealkylation sites (N-methyl/N-ethyl adjacent to an activating group) is 1. The Labute approximate surface area is 114 Å². The number of hydrogen-bond acceptors (Lipinski definition) is 3. The van der Waals surface area contributed by atoms with Crippen LogP contribution in [0.4, 0.5) is 0 Å². The molecule has 2 atom stereocenters. The van der Waals surface area contributed by atoms with Gasteiger partial charge in [0.2, 0.25) is 0 Å². The highest BCUT2D eigenvalue weighted by atomic mass is 32.1. The molecule has 0 saturated heterocycles. The Kier molecular flexibility index (Phi) is 4.19.